The first kappa shape index (κ1) is 15.1. The molecule has 1 aromatic carbocycles. The summed E-state index contributed by atoms with van der Waals surface area (Å²) in [6, 6.07) is 7.52. The number of pyridine rings is 1. The Balaban J connectivity index is 1.72. The fourth-order valence-electron chi connectivity index (χ4n) is 2.77. The average Bonchev–Trinajstić information content (AvgIpc) is 3.08. The van der Waals surface area contributed by atoms with E-state index in [0.717, 1.165) is 27.6 Å². The quantitative estimate of drug-likeness (QED) is 0.600. The summed E-state index contributed by atoms with van der Waals surface area (Å²) >= 11 is 0. The molecule has 7 heteroatoms. The molecule has 4 aromatic rings. The molecular weight excluding hydrogens is 318 g/mol. The number of aromatic amines is 2. The van der Waals surface area contributed by atoms with E-state index < -0.39 is 0 Å². The van der Waals surface area contributed by atoms with Crippen LogP contribution in [0.5, 0.6) is 11.6 Å². The molecule has 0 fully saturated rings. The molecule has 25 heavy (non-hydrogen) atoms. The van der Waals surface area contributed by atoms with Crippen molar-refractivity contribution in [3.63, 3.8) is 0 Å². The van der Waals surface area contributed by atoms with Crippen molar-refractivity contribution in [2.75, 3.05) is 0 Å². The first-order valence-electron chi connectivity index (χ1n) is 7.75. The normalized spacial score (nSPS) is 11.0. The van der Waals surface area contributed by atoms with Crippen molar-refractivity contribution in [2.24, 2.45) is 0 Å². The van der Waals surface area contributed by atoms with Crippen LogP contribution in [0.15, 0.2) is 47.7 Å². The SMILES string of the molecule is Cc1cc(Oc2nccc3[nH]ncc23)ccc1-c1cn[nH]c(=O)c1C. The van der Waals surface area contributed by atoms with Gasteiger partial charge in [0.15, 0.2) is 0 Å². The zero-order chi connectivity index (χ0) is 17.4. The van der Waals surface area contributed by atoms with Gasteiger partial charge in [0.05, 0.1) is 23.3 Å². The molecule has 2 N–H and O–H groups in total. The van der Waals surface area contributed by atoms with E-state index in [1.807, 2.05) is 31.2 Å². The highest BCUT2D eigenvalue weighted by atomic mass is 16.5. The largest absolute Gasteiger partial charge is 0.438 e. The fraction of sp³-hybridized carbons (Fsp3) is 0.111. The van der Waals surface area contributed by atoms with Crippen LogP contribution >= 0.6 is 0 Å². The Labute approximate surface area is 142 Å². The van der Waals surface area contributed by atoms with Crippen molar-refractivity contribution in [3.05, 3.63) is 64.3 Å². The highest BCUT2D eigenvalue weighted by Crippen LogP contribution is 2.31. The van der Waals surface area contributed by atoms with Crippen LogP contribution in [-0.4, -0.2) is 25.4 Å². The van der Waals surface area contributed by atoms with Gasteiger partial charge < -0.3 is 4.74 Å². The van der Waals surface area contributed by atoms with Gasteiger partial charge in [-0.3, -0.25) is 9.89 Å². The van der Waals surface area contributed by atoms with Gasteiger partial charge in [-0.15, -0.1) is 0 Å². The maximum Gasteiger partial charge on any atom is 0.267 e. The van der Waals surface area contributed by atoms with Crippen LogP contribution in [0.25, 0.3) is 22.0 Å². The van der Waals surface area contributed by atoms with Crippen molar-refractivity contribution < 1.29 is 4.74 Å². The van der Waals surface area contributed by atoms with Crippen LogP contribution in [0.3, 0.4) is 0 Å². The first-order valence-corrected chi connectivity index (χ1v) is 7.75. The molecule has 3 heterocycles. The Kier molecular flexibility index (Phi) is 3.53. The number of benzene rings is 1. The van der Waals surface area contributed by atoms with Gasteiger partial charge in [0.2, 0.25) is 5.88 Å². The maximum atomic E-state index is 11.8. The lowest BCUT2D eigenvalue weighted by atomic mass is 9.99. The summed E-state index contributed by atoms with van der Waals surface area (Å²) < 4.78 is 5.92. The minimum absolute atomic E-state index is 0.187. The Morgan fingerprint density at radius 3 is 2.68 bits per heavy atom. The van der Waals surface area contributed by atoms with Gasteiger partial charge in [-0.2, -0.15) is 10.2 Å². The van der Waals surface area contributed by atoms with E-state index in [9.17, 15) is 4.79 Å². The second-order valence-corrected chi connectivity index (χ2v) is 5.76. The fourth-order valence-corrected chi connectivity index (χ4v) is 2.77. The molecule has 0 saturated carbocycles. The number of hydrogen-bond donors (Lipinski definition) is 2. The van der Waals surface area contributed by atoms with E-state index in [0.29, 0.717) is 17.2 Å². The summed E-state index contributed by atoms with van der Waals surface area (Å²) in [7, 11) is 0. The maximum absolute atomic E-state index is 11.8. The second-order valence-electron chi connectivity index (χ2n) is 5.76. The zero-order valence-electron chi connectivity index (χ0n) is 13.7. The minimum Gasteiger partial charge on any atom is -0.438 e. The van der Waals surface area contributed by atoms with Crippen LogP contribution in [0, 0.1) is 13.8 Å². The van der Waals surface area contributed by atoms with Crippen LogP contribution in [-0.2, 0) is 0 Å². The van der Waals surface area contributed by atoms with E-state index in [4.69, 9.17) is 4.74 Å². The third-order valence-corrected chi connectivity index (χ3v) is 4.14. The minimum atomic E-state index is -0.187. The molecule has 124 valence electrons. The molecule has 0 aliphatic carbocycles. The molecule has 0 atom stereocenters. The third kappa shape index (κ3) is 2.65. The van der Waals surface area contributed by atoms with Gasteiger partial charge >= 0.3 is 0 Å². The Hall–Kier alpha value is -3.48. The number of hydrogen-bond acceptors (Lipinski definition) is 5. The number of aromatic nitrogens is 5. The summed E-state index contributed by atoms with van der Waals surface area (Å²) in [6.07, 6.45) is 5.01. The van der Waals surface area contributed by atoms with Gasteiger partial charge in [0, 0.05) is 17.3 Å². The third-order valence-electron chi connectivity index (χ3n) is 4.14. The highest BCUT2D eigenvalue weighted by Gasteiger charge is 2.11. The number of nitrogens with zero attached hydrogens (tertiary/aromatic N) is 3. The number of aryl methyl sites for hydroxylation is 1. The van der Waals surface area contributed by atoms with Crippen LogP contribution < -0.4 is 10.3 Å². The first-order chi connectivity index (χ1) is 12.1. The van der Waals surface area contributed by atoms with E-state index in [1.54, 1.807) is 25.5 Å². The predicted molar refractivity (Wildman–Crippen MR) is 93.7 cm³/mol. The monoisotopic (exact) mass is 333 g/mol. The van der Waals surface area contributed by atoms with E-state index in [2.05, 4.69) is 25.4 Å². The van der Waals surface area contributed by atoms with Gasteiger partial charge in [-0.25, -0.2) is 10.1 Å². The summed E-state index contributed by atoms with van der Waals surface area (Å²) in [6.45, 7) is 3.75. The average molecular weight is 333 g/mol. The molecule has 0 spiro atoms. The summed E-state index contributed by atoms with van der Waals surface area (Å²) in [5, 5.41) is 14.0. The molecule has 0 bridgehead atoms. The lowest BCUT2D eigenvalue weighted by molar-refractivity contribution is 0.469. The lowest BCUT2D eigenvalue weighted by Gasteiger charge is -2.11. The van der Waals surface area contributed by atoms with E-state index in [-0.39, 0.29) is 5.56 Å². The number of ether oxygens (including phenoxy) is 1. The van der Waals surface area contributed by atoms with Crippen LogP contribution in [0.2, 0.25) is 0 Å². The highest BCUT2D eigenvalue weighted by molar-refractivity contribution is 5.82. The standard InChI is InChI=1S/C18H15N5O2/c1-10-7-12(25-18-15-9-20-22-16(15)5-6-19-18)3-4-13(10)14-8-21-23-17(24)11(14)2/h3-9H,1-2H3,(H,20,22)(H,23,24). The molecule has 7 nitrogen and oxygen atoms in total. The Morgan fingerprint density at radius 1 is 1.00 bits per heavy atom. The summed E-state index contributed by atoms with van der Waals surface area (Å²) in [5.74, 6) is 1.16. The zero-order valence-corrected chi connectivity index (χ0v) is 13.7. The van der Waals surface area contributed by atoms with Crippen molar-refractivity contribution in [1.29, 1.82) is 0 Å². The topological polar surface area (TPSA) is 96.5 Å². The van der Waals surface area contributed by atoms with Gasteiger partial charge in [0.1, 0.15) is 5.75 Å². The molecule has 0 aliphatic rings. The van der Waals surface area contributed by atoms with Crippen LogP contribution in [0.1, 0.15) is 11.1 Å². The number of nitrogens with one attached hydrogen (secondary N) is 2. The van der Waals surface area contributed by atoms with Crippen molar-refractivity contribution in [1.82, 2.24) is 25.4 Å². The van der Waals surface area contributed by atoms with Gasteiger partial charge in [-0.05, 0) is 43.2 Å². The van der Waals surface area contributed by atoms with Crippen LogP contribution in [0.4, 0.5) is 0 Å². The Bertz CT molecular complexity index is 1130. The summed E-state index contributed by atoms with van der Waals surface area (Å²) in [4.78, 5) is 16.0. The van der Waals surface area contributed by atoms with E-state index >= 15 is 0 Å². The number of H-pyrrole nitrogens is 2. The molecule has 0 unspecified atom stereocenters. The molecular formula is C18H15N5O2. The number of rotatable bonds is 3. The molecule has 3 aromatic heterocycles. The predicted octanol–water partition coefficient (Wildman–Crippen LogP) is 3.12. The van der Waals surface area contributed by atoms with E-state index in [1.165, 1.54) is 0 Å². The lowest BCUT2D eigenvalue weighted by Crippen LogP contribution is -2.12. The molecule has 0 amide bonds. The van der Waals surface area contributed by atoms with Crippen molar-refractivity contribution >= 4 is 10.9 Å². The molecule has 0 saturated heterocycles. The molecule has 0 aliphatic heterocycles. The molecule has 0 radical (unpaired) electrons. The Morgan fingerprint density at radius 2 is 1.84 bits per heavy atom. The van der Waals surface area contributed by atoms with Gasteiger partial charge in [0.25, 0.3) is 5.56 Å². The van der Waals surface area contributed by atoms with Gasteiger partial charge in [-0.1, -0.05) is 6.07 Å². The molecule has 4 rings (SSSR count). The smallest absolute Gasteiger partial charge is 0.267 e. The second kappa shape index (κ2) is 5.86. The van der Waals surface area contributed by atoms with Crippen molar-refractivity contribution in [2.45, 2.75) is 13.8 Å². The number of fused-ring (bicyclic) bond motifs is 1. The summed E-state index contributed by atoms with van der Waals surface area (Å²) in [5.41, 5.74) is 4.04. The van der Waals surface area contributed by atoms with Crippen molar-refractivity contribution in [3.8, 4) is 22.8 Å².